The van der Waals surface area contributed by atoms with Crippen LogP contribution in [0.5, 0.6) is 0 Å². The van der Waals surface area contributed by atoms with E-state index in [0.29, 0.717) is 18.8 Å². The van der Waals surface area contributed by atoms with Crippen molar-refractivity contribution in [2.24, 2.45) is 0 Å². The summed E-state index contributed by atoms with van der Waals surface area (Å²) in [5, 5.41) is 16.7. The van der Waals surface area contributed by atoms with Crippen LogP contribution in [-0.2, 0) is 9.53 Å². The molecule has 1 aliphatic heterocycles. The van der Waals surface area contributed by atoms with Gasteiger partial charge in [-0.2, -0.15) is 5.21 Å². The van der Waals surface area contributed by atoms with E-state index < -0.39 is 0 Å². The lowest BCUT2D eigenvalue weighted by atomic mass is 10.1. The number of hydrogen-bond donors (Lipinski definition) is 2. The van der Waals surface area contributed by atoms with Crippen LogP contribution in [0.15, 0.2) is 0 Å². The Hall–Kier alpha value is -1.50. The number of ether oxygens (including phenoxy) is 1. The maximum absolute atomic E-state index is 11.2. The van der Waals surface area contributed by atoms with Crippen LogP contribution in [0.3, 0.4) is 0 Å². The molecule has 0 aromatic carbocycles. The predicted octanol–water partition coefficient (Wildman–Crippen LogP) is -1.18. The molecule has 1 aliphatic rings. The van der Waals surface area contributed by atoms with Crippen molar-refractivity contribution in [3.63, 3.8) is 0 Å². The fourth-order valence-corrected chi connectivity index (χ4v) is 1.60. The van der Waals surface area contributed by atoms with Crippen LogP contribution >= 0.6 is 0 Å². The van der Waals surface area contributed by atoms with E-state index in [1.54, 1.807) is 0 Å². The molecule has 2 N–H and O–H groups in total. The zero-order chi connectivity index (χ0) is 9.97. The number of hydrogen-bond acceptors (Lipinski definition) is 6. The largest absolute Gasteiger partial charge is 0.468 e. The third kappa shape index (κ3) is 1.58. The van der Waals surface area contributed by atoms with Gasteiger partial charge in [-0.05, 0) is 6.42 Å². The first-order chi connectivity index (χ1) is 6.81. The second-order valence-corrected chi connectivity index (χ2v) is 3.19. The van der Waals surface area contributed by atoms with Gasteiger partial charge in [0.25, 0.3) is 0 Å². The van der Waals surface area contributed by atoms with E-state index >= 15 is 0 Å². The van der Waals surface area contributed by atoms with Gasteiger partial charge in [0.1, 0.15) is 6.04 Å². The van der Waals surface area contributed by atoms with Gasteiger partial charge < -0.3 is 10.1 Å². The Morgan fingerprint density at radius 3 is 3.14 bits per heavy atom. The monoisotopic (exact) mass is 197 g/mol. The Labute approximate surface area is 80.2 Å². The number of tetrazole rings is 1. The molecular weight excluding hydrogens is 186 g/mol. The smallest absolute Gasteiger partial charge is 0.322 e. The fraction of sp³-hybridized carbons (Fsp3) is 0.714. The average molecular weight is 197 g/mol. The quantitative estimate of drug-likeness (QED) is 0.579. The van der Waals surface area contributed by atoms with Gasteiger partial charge in [0.05, 0.1) is 7.11 Å². The highest BCUT2D eigenvalue weighted by Crippen LogP contribution is 2.22. The molecule has 14 heavy (non-hydrogen) atoms. The highest BCUT2D eigenvalue weighted by atomic mass is 16.5. The molecule has 0 bridgehead atoms. The summed E-state index contributed by atoms with van der Waals surface area (Å²) in [6.07, 6.45) is 0.659. The molecular formula is C7H11N5O2. The Balaban J connectivity index is 1.98. The molecule has 1 aromatic rings. The van der Waals surface area contributed by atoms with E-state index in [9.17, 15) is 4.79 Å². The van der Waals surface area contributed by atoms with Crippen molar-refractivity contribution in [1.82, 2.24) is 25.9 Å². The Kier molecular flexibility index (Phi) is 2.40. The van der Waals surface area contributed by atoms with Gasteiger partial charge in [0.15, 0.2) is 5.82 Å². The number of H-pyrrole nitrogens is 1. The lowest BCUT2D eigenvalue weighted by molar-refractivity contribution is -0.142. The molecule has 2 heterocycles. The minimum Gasteiger partial charge on any atom is -0.468 e. The summed E-state index contributed by atoms with van der Waals surface area (Å²) in [7, 11) is 1.38. The third-order valence-corrected chi connectivity index (χ3v) is 2.34. The number of aromatic nitrogens is 4. The molecule has 76 valence electrons. The number of nitrogens with one attached hydrogen (secondary N) is 2. The van der Waals surface area contributed by atoms with Gasteiger partial charge in [0, 0.05) is 12.5 Å². The van der Waals surface area contributed by atoms with Crippen molar-refractivity contribution < 1.29 is 9.53 Å². The second kappa shape index (κ2) is 3.70. The topological polar surface area (TPSA) is 92.8 Å². The van der Waals surface area contributed by atoms with Crippen molar-refractivity contribution in [2.75, 3.05) is 13.7 Å². The summed E-state index contributed by atoms with van der Waals surface area (Å²) >= 11 is 0. The fourth-order valence-electron chi connectivity index (χ4n) is 1.60. The van der Waals surface area contributed by atoms with Gasteiger partial charge in [-0.25, -0.2) is 0 Å². The van der Waals surface area contributed by atoms with E-state index in [0.717, 1.165) is 0 Å². The standard InChI is InChI=1S/C7H11N5O2/c1-14-7(13)5-2-4(3-8-5)6-9-11-12-10-6/h4-5,8H,2-3H2,1H3,(H,9,10,11,12)/t4-,5-/m0/s1. The summed E-state index contributed by atoms with van der Waals surface area (Å²) in [4.78, 5) is 11.2. The van der Waals surface area contributed by atoms with E-state index in [-0.39, 0.29) is 17.9 Å². The number of esters is 1. The third-order valence-electron chi connectivity index (χ3n) is 2.34. The van der Waals surface area contributed by atoms with Crippen LogP contribution in [0.1, 0.15) is 18.2 Å². The number of methoxy groups -OCH3 is 1. The molecule has 1 aromatic heterocycles. The van der Waals surface area contributed by atoms with Crippen LogP contribution in [0, 0.1) is 0 Å². The summed E-state index contributed by atoms with van der Waals surface area (Å²) in [6, 6.07) is -0.247. The van der Waals surface area contributed by atoms with Gasteiger partial charge in [-0.1, -0.05) is 5.21 Å². The van der Waals surface area contributed by atoms with E-state index in [1.165, 1.54) is 7.11 Å². The van der Waals surface area contributed by atoms with Crippen molar-refractivity contribution in [3.05, 3.63) is 5.82 Å². The summed E-state index contributed by atoms with van der Waals surface area (Å²) in [6.45, 7) is 0.680. The lowest BCUT2D eigenvalue weighted by Crippen LogP contribution is -2.31. The van der Waals surface area contributed by atoms with Crippen LogP contribution in [0.2, 0.25) is 0 Å². The molecule has 2 atom stereocenters. The summed E-state index contributed by atoms with van der Waals surface area (Å²) in [5.74, 6) is 0.540. The maximum atomic E-state index is 11.2. The maximum Gasteiger partial charge on any atom is 0.322 e. The molecule has 7 heteroatoms. The molecule has 0 radical (unpaired) electrons. The first kappa shape index (κ1) is 9.07. The molecule has 0 saturated carbocycles. The average Bonchev–Trinajstić information content (AvgIpc) is 2.86. The predicted molar refractivity (Wildman–Crippen MR) is 45.3 cm³/mol. The summed E-state index contributed by atoms with van der Waals surface area (Å²) < 4.78 is 4.63. The van der Waals surface area contributed by atoms with Crippen molar-refractivity contribution in [3.8, 4) is 0 Å². The van der Waals surface area contributed by atoms with Crippen LogP contribution in [0.25, 0.3) is 0 Å². The van der Waals surface area contributed by atoms with Crippen molar-refractivity contribution in [2.45, 2.75) is 18.4 Å². The zero-order valence-corrected chi connectivity index (χ0v) is 7.73. The Morgan fingerprint density at radius 1 is 1.64 bits per heavy atom. The SMILES string of the molecule is COC(=O)[C@@H]1C[C@H](c2nn[nH]n2)CN1. The van der Waals surface area contributed by atoms with E-state index in [4.69, 9.17) is 0 Å². The minimum atomic E-state index is -0.247. The van der Waals surface area contributed by atoms with Crippen molar-refractivity contribution in [1.29, 1.82) is 0 Å². The highest BCUT2D eigenvalue weighted by Gasteiger charge is 2.32. The molecule has 0 amide bonds. The first-order valence-electron chi connectivity index (χ1n) is 4.36. The Morgan fingerprint density at radius 2 is 2.50 bits per heavy atom. The normalized spacial score (nSPS) is 26.4. The molecule has 1 fully saturated rings. The number of nitrogens with zero attached hydrogens (tertiary/aromatic N) is 3. The number of rotatable bonds is 2. The second-order valence-electron chi connectivity index (χ2n) is 3.19. The van der Waals surface area contributed by atoms with Crippen LogP contribution in [-0.4, -0.2) is 46.3 Å². The van der Waals surface area contributed by atoms with Gasteiger partial charge in [-0.3, -0.25) is 4.79 Å². The van der Waals surface area contributed by atoms with Gasteiger partial charge in [-0.15, -0.1) is 10.2 Å². The molecule has 7 nitrogen and oxygen atoms in total. The molecule has 0 spiro atoms. The highest BCUT2D eigenvalue weighted by molar-refractivity contribution is 5.76. The van der Waals surface area contributed by atoms with E-state index in [1.807, 2.05) is 0 Å². The summed E-state index contributed by atoms with van der Waals surface area (Å²) in [5.41, 5.74) is 0. The number of carbonyl (C=O) groups excluding carboxylic acids is 1. The molecule has 1 saturated heterocycles. The van der Waals surface area contributed by atoms with Gasteiger partial charge in [0.2, 0.25) is 0 Å². The minimum absolute atomic E-state index is 0.137. The van der Waals surface area contributed by atoms with Crippen LogP contribution < -0.4 is 5.32 Å². The Bertz CT molecular complexity index is 312. The molecule has 0 unspecified atom stereocenters. The molecule has 2 rings (SSSR count). The first-order valence-corrected chi connectivity index (χ1v) is 4.36. The zero-order valence-electron chi connectivity index (χ0n) is 7.73. The number of carbonyl (C=O) groups is 1. The lowest BCUT2D eigenvalue weighted by Gasteiger charge is -2.05. The van der Waals surface area contributed by atoms with E-state index in [2.05, 4.69) is 30.7 Å². The van der Waals surface area contributed by atoms with Crippen molar-refractivity contribution >= 4 is 5.97 Å². The number of aromatic amines is 1. The molecule has 0 aliphatic carbocycles. The van der Waals surface area contributed by atoms with Crippen LogP contribution in [0.4, 0.5) is 0 Å². The van der Waals surface area contributed by atoms with Gasteiger partial charge >= 0.3 is 5.97 Å².